The summed E-state index contributed by atoms with van der Waals surface area (Å²) in [5.41, 5.74) is 8.00. The first-order valence-corrected chi connectivity index (χ1v) is 6.07. The molecular weight excluding hydrogens is 201 g/mol. The van der Waals surface area contributed by atoms with E-state index in [1.165, 1.54) is 18.9 Å². The second-order valence-corrected chi connectivity index (χ2v) is 5.30. The molecule has 0 amide bonds. The number of nitrogens with two attached hydrogens (primary N) is 1. The molecule has 16 heavy (non-hydrogen) atoms. The lowest BCUT2D eigenvalue weighted by Gasteiger charge is -2.36. The molecule has 0 aliphatic heterocycles. The zero-order valence-corrected chi connectivity index (χ0v) is 10.1. The molecular formula is C14H20FN. The van der Waals surface area contributed by atoms with Crippen LogP contribution < -0.4 is 5.73 Å². The van der Waals surface area contributed by atoms with Crippen molar-refractivity contribution < 1.29 is 4.39 Å². The van der Waals surface area contributed by atoms with E-state index < -0.39 is 0 Å². The van der Waals surface area contributed by atoms with Crippen LogP contribution in [0, 0.1) is 18.7 Å². The van der Waals surface area contributed by atoms with Crippen molar-refractivity contribution >= 4 is 0 Å². The fourth-order valence-corrected chi connectivity index (χ4v) is 2.52. The van der Waals surface area contributed by atoms with E-state index in [2.05, 4.69) is 6.92 Å². The molecule has 0 spiro atoms. The van der Waals surface area contributed by atoms with E-state index in [-0.39, 0.29) is 11.4 Å². The first-order valence-electron chi connectivity index (χ1n) is 6.07. The molecule has 1 nitrogen and oxygen atoms in total. The Bertz CT molecular complexity index is 378. The first kappa shape index (κ1) is 11.6. The lowest BCUT2D eigenvalue weighted by molar-refractivity contribution is 0.247. The highest BCUT2D eigenvalue weighted by Gasteiger charge is 2.31. The minimum atomic E-state index is -0.231. The van der Waals surface area contributed by atoms with Crippen molar-refractivity contribution in [1.29, 1.82) is 0 Å². The Hall–Kier alpha value is -0.890. The second kappa shape index (κ2) is 4.17. The molecule has 88 valence electrons. The topological polar surface area (TPSA) is 26.0 Å². The van der Waals surface area contributed by atoms with E-state index >= 15 is 0 Å². The second-order valence-electron chi connectivity index (χ2n) is 5.30. The Morgan fingerprint density at radius 3 is 2.50 bits per heavy atom. The van der Waals surface area contributed by atoms with Gasteiger partial charge in [-0.2, -0.15) is 0 Å². The molecule has 2 rings (SSSR count). The molecule has 0 unspecified atom stereocenters. The Morgan fingerprint density at radius 1 is 1.31 bits per heavy atom. The number of aryl methyl sites for hydroxylation is 1. The van der Waals surface area contributed by atoms with E-state index in [0.29, 0.717) is 5.56 Å². The molecule has 1 aliphatic rings. The third kappa shape index (κ3) is 2.12. The molecule has 2 heteroatoms. The van der Waals surface area contributed by atoms with Crippen LogP contribution in [0.2, 0.25) is 0 Å². The molecule has 0 heterocycles. The third-order valence-corrected chi connectivity index (χ3v) is 3.90. The normalized spacial score (nSPS) is 30.4. The minimum Gasteiger partial charge on any atom is -0.321 e. The highest BCUT2D eigenvalue weighted by Crippen LogP contribution is 2.37. The summed E-state index contributed by atoms with van der Waals surface area (Å²) in [6.07, 6.45) is 4.37. The molecule has 1 fully saturated rings. The summed E-state index contributed by atoms with van der Waals surface area (Å²) in [6.45, 7) is 4.07. The van der Waals surface area contributed by atoms with Crippen LogP contribution in [-0.2, 0) is 5.54 Å². The summed E-state index contributed by atoms with van der Waals surface area (Å²) < 4.78 is 13.2. The van der Waals surface area contributed by atoms with Gasteiger partial charge in [0.25, 0.3) is 0 Å². The van der Waals surface area contributed by atoms with Crippen molar-refractivity contribution in [1.82, 2.24) is 0 Å². The van der Waals surface area contributed by atoms with Crippen LogP contribution in [0.3, 0.4) is 0 Å². The maximum Gasteiger partial charge on any atom is 0.126 e. The van der Waals surface area contributed by atoms with Crippen molar-refractivity contribution in [3.05, 3.63) is 35.1 Å². The van der Waals surface area contributed by atoms with Gasteiger partial charge in [-0.3, -0.25) is 0 Å². The summed E-state index contributed by atoms with van der Waals surface area (Å²) in [6, 6.07) is 5.29. The molecule has 0 radical (unpaired) electrons. The quantitative estimate of drug-likeness (QED) is 0.771. The largest absolute Gasteiger partial charge is 0.321 e. The molecule has 1 aromatic rings. The van der Waals surface area contributed by atoms with Gasteiger partial charge in [0.1, 0.15) is 5.82 Å². The van der Waals surface area contributed by atoms with Crippen molar-refractivity contribution in [2.75, 3.05) is 0 Å². The average molecular weight is 221 g/mol. The van der Waals surface area contributed by atoms with Gasteiger partial charge < -0.3 is 5.73 Å². The van der Waals surface area contributed by atoms with Gasteiger partial charge in [0.15, 0.2) is 0 Å². The fraction of sp³-hybridized carbons (Fsp3) is 0.571. The van der Waals surface area contributed by atoms with Crippen LogP contribution in [0.5, 0.6) is 0 Å². The Morgan fingerprint density at radius 2 is 1.94 bits per heavy atom. The van der Waals surface area contributed by atoms with Crippen molar-refractivity contribution in [2.45, 2.75) is 45.1 Å². The highest BCUT2D eigenvalue weighted by atomic mass is 19.1. The summed E-state index contributed by atoms with van der Waals surface area (Å²) >= 11 is 0. The maximum atomic E-state index is 13.2. The summed E-state index contributed by atoms with van der Waals surface area (Å²) in [5.74, 6) is 0.634. The van der Waals surface area contributed by atoms with Crippen LogP contribution in [0.25, 0.3) is 0 Å². The number of hydrogen-bond donors (Lipinski definition) is 1. The van der Waals surface area contributed by atoms with Gasteiger partial charge in [-0.25, -0.2) is 4.39 Å². The number of hydrogen-bond acceptors (Lipinski definition) is 1. The van der Waals surface area contributed by atoms with E-state index in [0.717, 1.165) is 24.3 Å². The predicted molar refractivity (Wildman–Crippen MR) is 64.6 cm³/mol. The maximum absolute atomic E-state index is 13.2. The van der Waals surface area contributed by atoms with Crippen LogP contribution in [0.15, 0.2) is 18.2 Å². The van der Waals surface area contributed by atoms with Crippen molar-refractivity contribution in [2.24, 2.45) is 11.7 Å². The van der Waals surface area contributed by atoms with Crippen LogP contribution >= 0.6 is 0 Å². The summed E-state index contributed by atoms with van der Waals surface area (Å²) in [4.78, 5) is 0. The summed E-state index contributed by atoms with van der Waals surface area (Å²) in [7, 11) is 0. The fourth-order valence-electron chi connectivity index (χ4n) is 2.52. The SMILES string of the molecule is Cc1cc(C2(N)CCC(C)CC2)ccc1F. The van der Waals surface area contributed by atoms with Gasteiger partial charge in [0.2, 0.25) is 0 Å². The number of rotatable bonds is 1. The zero-order chi connectivity index (χ0) is 11.8. The van der Waals surface area contributed by atoms with Gasteiger partial charge in [0, 0.05) is 5.54 Å². The van der Waals surface area contributed by atoms with E-state index in [1.54, 1.807) is 6.92 Å². The smallest absolute Gasteiger partial charge is 0.126 e. The molecule has 1 aromatic carbocycles. The van der Waals surface area contributed by atoms with Crippen LogP contribution in [0.1, 0.15) is 43.7 Å². The third-order valence-electron chi connectivity index (χ3n) is 3.90. The van der Waals surface area contributed by atoms with Gasteiger partial charge in [0.05, 0.1) is 0 Å². The predicted octanol–water partition coefficient (Wildman–Crippen LogP) is 3.50. The minimum absolute atomic E-state index is 0.142. The Labute approximate surface area is 96.9 Å². The molecule has 0 saturated heterocycles. The van der Waals surface area contributed by atoms with Gasteiger partial charge in [-0.05, 0) is 55.7 Å². The number of halogens is 1. The molecule has 0 aromatic heterocycles. The molecule has 2 N–H and O–H groups in total. The molecule has 0 bridgehead atoms. The average Bonchev–Trinajstić information content (AvgIpc) is 2.26. The highest BCUT2D eigenvalue weighted by molar-refractivity contribution is 5.30. The summed E-state index contributed by atoms with van der Waals surface area (Å²) in [5, 5.41) is 0. The van der Waals surface area contributed by atoms with Gasteiger partial charge in [-0.15, -0.1) is 0 Å². The van der Waals surface area contributed by atoms with Gasteiger partial charge >= 0.3 is 0 Å². The number of benzene rings is 1. The van der Waals surface area contributed by atoms with Gasteiger partial charge in [-0.1, -0.05) is 19.1 Å². The molecule has 1 saturated carbocycles. The first-order chi connectivity index (χ1) is 7.51. The van der Waals surface area contributed by atoms with Crippen molar-refractivity contribution in [3.8, 4) is 0 Å². The lowest BCUT2D eigenvalue weighted by Crippen LogP contribution is -2.40. The van der Waals surface area contributed by atoms with Crippen LogP contribution in [0.4, 0.5) is 4.39 Å². The van der Waals surface area contributed by atoms with Crippen LogP contribution in [-0.4, -0.2) is 0 Å². The van der Waals surface area contributed by atoms with E-state index in [4.69, 9.17) is 5.73 Å². The zero-order valence-electron chi connectivity index (χ0n) is 10.1. The lowest BCUT2D eigenvalue weighted by atomic mass is 9.74. The Balaban J connectivity index is 2.25. The van der Waals surface area contributed by atoms with E-state index in [1.807, 2.05) is 12.1 Å². The molecule has 0 atom stereocenters. The Kier molecular flexibility index (Phi) is 3.02. The monoisotopic (exact) mass is 221 g/mol. The van der Waals surface area contributed by atoms with Crippen molar-refractivity contribution in [3.63, 3.8) is 0 Å². The van der Waals surface area contributed by atoms with E-state index in [9.17, 15) is 4.39 Å². The standard InChI is InChI=1S/C14H20FN/c1-10-5-7-14(16,8-6-10)12-3-4-13(15)11(2)9-12/h3-4,9-10H,5-8,16H2,1-2H3. The molecule has 1 aliphatic carbocycles.